The molecular weight excluding hydrogens is 388 g/mol. The third kappa shape index (κ3) is 6.78. The lowest BCUT2D eigenvalue weighted by atomic mass is 9.86. The number of hydrogen-bond donors (Lipinski definition) is 2. The first-order chi connectivity index (χ1) is 13.7. The fourth-order valence-electron chi connectivity index (χ4n) is 2.67. The standard InChI is InChI=1S/C22H28N2O4S/c1-22(2,3)16-9-7-15(8-10-16)20(26)24-18(11-13-29-4)21(27)28-14-19(25)17-6-5-12-23-17/h5-10,12,18,23H,11,13-14H2,1-4H3,(H,24,26)/t18-/m1/s1. The van der Waals surface area contributed by atoms with Crippen LogP contribution >= 0.6 is 11.8 Å². The summed E-state index contributed by atoms with van der Waals surface area (Å²) in [5, 5.41) is 2.74. The van der Waals surface area contributed by atoms with Crippen LogP contribution in [0.2, 0.25) is 0 Å². The summed E-state index contributed by atoms with van der Waals surface area (Å²) in [5.41, 5.74) is 1.96. The fraction of sp³-hybridized carbons (Fsp3) is 0.409. The van der Waals surface area contributed by atoms with E-state index in [1.165, 1.54) is 0 Å². The lowest BCUT2D eigenvalue weighted by Crippen LogP contribution is -2.42. The van der Waals surface area contributed by atoms with Crippen LogP contribution in [-0.2, 0) is 14.9 Å². The van der Waals surface area contributed by atoms with Gasteiger partial charge in [0.15, 0.2) is 6.61 Å². The van der Waals surface area contributed by atoms with Crippen LogP contribution in [0.25, 0.3) is 0 Å². The number of esters is 1. The van der Waals surface area contributed by atoms with Gasteiger partial charge >= 0.3 is 5.97 Å². The van der Waals surface area contributed by atoms with E-state index >= 15 is 0 Å². The van der Waals surface area contributed by atoms with Crippen LogP contribution in [0.4, 0.5) is 0 Å². The Bertz CT molecular complexity index is 823. The van der Waals surface area contributed by atoms with E-state index in [4.69, 9.17) is 4.74 Å². The van der Waals surface area contributed by atoms with E-state index in [1.807, 2.05) is 18.4 Å². The number of hydrogen-bond acceptors (Lipinski definition) is 5. The molecule has 156 valence electrons. The maximum atomic E-state index is 12.6. The number of aromatic amines is 1. The number of ether oxygens (including phenoxy) is 1. The highest BCUT2D eigenvalue weighted by atomic mass is 32.2. The summed E-state index contributed by atoms with van der Waals surface area (Å²) in [7, 11) is 0. The van der Waals surface area contributed by atoms with E-state index < -0.39 is 12.0 Å². The molecule has 2 aromatic rings. The van der Waals surface area contributed by atoms with E-state index in [-0.39, 0.29) is 23.7 Å². The van der Waals surface area contributed by atoms with Gasteiger partial charge in [-0.1, -0.05) is 32.9 Å². The SMILES string of the molecule is CSCC[C@@H](NC(=O)c1ccc(C(C)(C)C)cc1)C(=O)OCC(=O)c1ccc[nH]1. The van der Waals surface area contributed by atoms with Gasteiger partial charge in [0.05, 0.1) is 5.69 Å². The number of carbonyl (C=O) groups excluding carboxylic acids is 3. The van der Waals surface area contributed by atoms with Crippen LogP contribution in [0.15, 0.2) is 42.6 Å². The number of aromatic nitrogens is 1. The molecule has 2 rings (SSSR count). The van der Waals surface area contributed by atoms with Gasteiger partial charge in [0.2, 0.25) is 5.78 Å². The van der Waals surface area contributed by atoms with Crippen molar-refractivity contribution in [1.82, 2.24) is 10.3 Å². The molecule has 0 unspecified atom stereocenters. The molecule has 0 bridgehead atoms. The summed E-state index contributed by atoms with van der Waals surface area (Å²) in [6, 6.07) is 9.83. The van der Waals surface area contributed by atoms with E-state index in [2.05, 4.69) is 31.1 Å². The normalized spacial score (nSPS) is 12.3. The highest BCUT2D eigenvalue weighted by molar-refractivity contribution is 7.98. The molecule has 1 aromatic heterocycles. The van der Waals surface area contributed by atoms with Crippen LogP contribution in [0.5, 0.6) is 0 Å². The molecule has 0 aliphatic rings. The van der Waals surface area contributed by atoms with E-state index in [0.29, 0.717) is 23.4 Å². The maximum absolute atomic E-state index is 12.6. The molecule has 0 radical (unpaired) electrons. The highest BCUT2D eigenvalue weighted by Crippen LogP contribution is 2.22. The van der Waals surface area contributed by atoms with Crippen molar-refractivity contribution < 1.29 is 19.1 Å². The first kappa shape index (κ1) is 22.7. The van der Waals surface area contributed by atoms with Crippen LogP contribution in [0.1, 0.15) is 53.6 Å². The van der Waals surface area contributed by atoms with Gasteiger partial charge in [-0.25, -0.2) is 4.79 Å². The summed E-state index contributed by atoms with van der Waals surface area (Å²) >= 11 is 1.57. The quantitative estimate of drug-likeness (QED) is 0.482. The number of thioether (sulfide) groups is 1. The molecule has 0 spiro atoms. The molecule has 2 N–H and O–H groups in total. The van der Waals surface area contributed by atoms with Crippen molar-refractivity contribution in [3.05, 3.63) is 59.4 Å². The molecule has 1 heterocycles. The van der Waals surface area contributed by atoms with Crippen molar-refractivity contribution in [1.29, 1.82) is 0 Å². The van der Waals surface area contributed by atoms with Crippen molar-refractivity contribution in [3.63, 3.8) is 0 Å². The average molecular weight is 417 g/mol. The van der Waals surface area contributed by atoms with E-state index in [0.717, 1.165) is 5.56 Å². The lowest BCUT2D eigenvalue weighted by molar-refractivity contribution is -0.144. The van der Waals surface area contributed by atoms with Gasteiger partial charge in [-0.2, -0.15) is 11.8 Å². The van der Waals surface area contributed by atoms with Crippen molar-refractivity contribution in [2.45, 2.75) is 38.6 Å². The molecule has 0 fully saturated rings. The molecule has 1 aromatic carbocycles. The molecule has 0 saturated heterocycles. The van der Waals surface area contributed by atoms with Crippen molar-refractivity contribution in [3.8, 4) is 0 Å². The molecular formula is C22H28N2O4S. The highest BCUT2D eigenvalue weighted by Gasteiger charge is 2.24. The van der Waals surface area contributed by atoms with Gasteiger partial charge in [-0.15, -0.1) is 0 Å². The van der Waals surface area contributed by atoms with E-state index in [1.54, 1.807) is 42.2 Å². The second kappa shape index (κ2) is 10.3. The molecule has 0 aliphatic heterocycles. The minimum absolute atomic E-state index is 0.00856. The Hall–Kier alpha value is -2.54. The molecule has 29 heavy (non-hydrogen) atoms. The predicted octanol–water partition coefficient (Wildman–Crippen LogP) is 3.59. The van der Waals surface area contributed by atoms with Gasteiger partial charge in [0.25, 0.3) is 5.91 Å². The predicted molar refractivity (Wildman–Crippen MR) is 115 cm³/mol. The van der Waals surface area contributed by atoms with Gasteiger partial charge in [-0.05, 0) is 53.7 Å². The summed E-state index contributed by atoms with van der Waals surface area (Å²) in [6.45, 7) is 5.94. The number of carbonyl (C=O) groups is 3. The second-order valence-electron chi connectivity index (χ2n) is 7.75. The number of nitrogens with one attached hydrogen (secondary N) is 2. The molecule has 0 aliphatic carbocycles. The Morgan fingerprint density at radius 3 is 2.38 bits per heavy atom. The molecule has 7 heteroatoms. The smallest absolute Gasteiger partial charge is 0.329 e. The van der Waals surface area contributed by atoms with Crippen LogP contribution in [0.3, 0.4) is 0 Å². The summed E-state index contributed by atoms with van der Waals surface area (Å²) in [5.74, 6) is -0.605. The summed E-state index contributed by atoms with van der Waals surface area (Å²) < 4.78 is 5.15. The number of ketones is 1. The zero-order valence-electron chi connectivity index (χ0n) is 17.3. The lowest BCUT2D eigenvalue weighted by Gasteiger charge is -2.20. The number of benzene rings is 1. The van der Waals surface area contributed by atoms with Gasteiger partial charge in [-0.3, -0.25) is 9.59 Å². The van der Waals surface area contributed by atoms with Crippen LogP contribution in [0, 0.1) is 0 Å². The van der Waals surface area contributed by atoms with Gasteiger partial charge in [0, 0.05) is 11.8 Å². The number of rotatable bonds is 9. The Morgan fingerprint density at radius 2 is 1.83 bits per heavy atom. The maximum Gasteiger partial charge on any atom is 0.329 e. The number of H-pyrrole nitrogens is 1. The molecule has 1 atom stereocenters. The fourth-order valence-corrected chi connectivity index (χ4v) is 3.14. The minimum Gasteiger partial charge on any atom is -0.456 e. The largest absolute Gasteiger partial charge is 0.456 e. The summed E-state index contributed by atoms with van der Waals surface area (Å²) in [6.07, 6.45) is 3.97. The van der Waals surface area contributed by atoms with Crippen LogP contribution in [-0.4, -0.2) is 47.3 Å². The first-order valence-corrected chi connectivity index (χ1v) is 10.9. The summed E-state index contributed by atoms with van der Waals surface area (Å²) in [4.78, 5) is 39.9. The van der Waals surface area contributed by atoms with Crippen LogP contribution < -0.4 is 5.32 Å². The van der Waals surface area contributed by atoms with Crippen molar-refractivity contribution >= 4 is 29.4 Å². The Balaban J connectivity index is 2.00. The zero-order chi connectivity index (χ0) is 21.4. The van der Waals surface area contributed by atoms with Gasteiger partial charge < -0.3 is 15.0 Å². The number of amides is 1. The second-order valence-corrected chi connectivity index (χ2v) is 8.74. The van der Waals surface area contributed by atoms with Crippen molar-refractivity contribution in [2.24, 2.45) is 0 Å². The molecule has 1 amide bonds. The van der Waals surface area contributed by atoms with Crippen molar-refractivity contribution in [2.75, 3.05) is 18.6 Å². The third-order valence-corrected chi connectivity index (χ3v) is 5.10. The topological polar surface area (TPSA) is 88.3 Å². The number of Topliss-reactive ketones (excluding diaryl/α,β-unsaturated/α-hetero) is 1. The average Bonchev–Trinajstić information content (AvgIpc) is 3.23. The minimum atomic E-state index is -0.811. The van der Waals surface area contributed by atoms with Gasteiger partial charge in [0.1, 0.15) is 6.04 Å². The first-order valence-electron chi connectivity index (χ1n) is 9.46. The Labute approximate surface area is 175 Å². The third-order valence-electron chi connectivity index (χ3n) is 4.46. The Morgan fingerprint density at radius 1 is 1.14 bits per heavy atom. The zero-order valence-corrected chi connectivity index (χ0v) is 18.1. The molecule has 6 nitrogen and oxygen atoms in total. The Kier molecular flexibility index (Phi) is 8.08. The molecule has 0 saturated carbocycles. The van der Waals surface area contributed by atoms with E-state index in [9.17, 15) is 14.4 Å². The monoisotopic (exact) mass is 416 g/mol.